The molecule has 4 nitrogen and oxygen atoms in total. The molecule has 0 aliphatic heterocycles. The second-order valence-electron chi connectivity index (χ2n) is 5.59. The van der Waals surface area contributed by atoms with E-state index in [4.69, 9.17) is 0 Å². The van der Waals surface area contributed by atoms with Crippen LogP contribution in [0.15, 0.2) is 36.5 Å². The summed E-state index contributed by atoms with van der Waals surface area (Å²) < 4.78 is 1.87. The van der Waals surface area contributed by atoms with Gasteiger partial charge in [0.25, 0.3) is 0 Å². The van der Waals surface area contributed by atoms with E-state index < -0.39 is 0 Å². The number of benzene rings is 1. The molecule has 0 amide bonds. The molecule has 1 aliphatic rings. The van der Waals surface area contributed by atoms with Gasteiger partial charge in [0.15, 0.2) is 0 Å². The van der Waals surface area contributed by atoms with Crippen LogP contribution in [0.2, 0.25) is 0 Å². The second-order valence-corrected chi connectivity index (χ2v) is 5.59. The van der Waals surface area contributed by atoms with E-state index in [1.807, 2.05) is 16.9 Å². The fourth-order valence-corrected chi connectivity index (χ4v) is 2.91. The maximum atomic E-state index is 10.1. The maximum absolute atomic E-state index is 10.1. The first-order chi connectivity index (χ1) is 9.83. The zero-order chi connectivity index (χ0) is 13.8. The van der Waals surface area contributed by atoms with Gasteiger partial charge in [-0.15, -0.1) is 5.10 Å². The molecule has 1 fully saturated rings. The van der Waals surface area contributed by atoms with Crippen molar-refractivity contribution in [2.75, 3.05) is 0 Å². The SMILES string of the molecule is O[C@H]1CCCC[C@H]1n1cc(CCc2ccccc2)nn1. The highest BCUT2D eigenvalue weighted by Crippen LogP contribution is 2.27. The first-order valence-electron chi connectivity index (χ1n) is 7.45. The van der Waals surface area contributed by atoms with E-state index in [-0.39, 0.29) is 12.1 Å². The quantitative estimate of drug-likeness (QED) is 0.929. The minimum absolute atomic E-state index is 0.113. The van der Waals surface area contributed by atoms with Gasteiger partial charge in [-0.3, -0.25) is 0 Å². The molecule has 1 aromatic heterocycles. The second kappa shape index (κ2) is 6.18. The monoisotopic (exact) mass is 271 g/mol. The molecule has 0 spiro atoms. The van der Waals surface area contributed by atoms with Crippen molar-refractivity contribution in [1.82, 2.24) is 15.0 Å². The van der Waals surface area contributed by atoms with Gasteiger partial charge in [0.1, 0.15) is 0 Å². The first-order valence-corrected chi connectivity index (χ1v) is 7.45. The van der Waals surface area contributed by atoms with Gasteiger partial charge in [0.05, 0.1) is 17.8 Å². The van der Waals surface area contributed by atoms with Crippen molar-refractivity contribution >= 4 is 0 Å². The standard InChI is InChI=1S/C16H21N3O/c20-16-9-5-4-8-15(16)19-12-14(17-18-19)11-10-13-6-2-1-3-7-13/h1-3,6-7,12,15-16,20H,4-5,8-11H2/t15-,16+/m1/s1. The van der Waals surface area contributed by atoms with Gasteiger partial charge in [0, 0.05) is 6.20 Å². The third-order valence-electron chi connectivity index (χ3n) is 4.10. The van der Waals surface area contributed by atoms with E-state index in [1.54, 1.807) is 0 Å². The van der Waals surface area contributed by atoms with E-state index in [2.05, 4.69) is 34.6 Å². The maximum Gasteiger partial charge on any atom is 0.0830 e. The number of aromatic nitrogens is 3. The predicted molar refractivity (Wildman–Crippen MR) is 77.4 cm³/mol. The Morgan fingerprint density at radius 2 is 1.90 bits per heavy atom. The highest BCUT2D eigenvalue weighted by molar-refractivity contribution is 5.15. The van der Waals surface area contributed by atoms with Gasteiger partial charge in [0.2, 0.25) is 0 Å². The lowest BCUT2D eigenvalue weighted by Gasteiger charge is -2.27. The summed E-state index contributed by atoms with van der Waals surface area (Å²) in [7, 11) is 0. The smallest absolute Gasteiger partial charge is 0.0830 e. The van der Waals surface area contributed by atoms with Crippen molar-refractivity contribution in [2.24, 2.45) is 0 Å². The van der Waals surface area contributed by atoms with Crippen molar-refractivity contribution in [2.45, 2.75) is 50.7 Å². The lowest BCUT2D eigenvalue weighted by Crippen LogP contribution is -2.27. The molecular weight excluding hydrogens is 250 g/mol. The minimum atomic E-state index is -0.271. The molecule has 1 saturated carbocycles. The van der Waals surface area contributed by atoms with Gasteiger partial charge in [-0.1, -0.05) is 48.4 Å². The molecule has 3 rings (SSSR count). The number of rotatable bonds is 4. The Hall–Kier alpha value is -1.68. The van der Waals surface area contributed by atoms with Gasteiger partial charge in [-0.25, -0.2) is 4.68 Å². The largest absolute Gasteiger partial charge is 0.391 e. The third kappa shape index (κ3) is 3.07. The Labute approximate surface area is 119 Å². The molecule has 0 unspecified atom stereocenters. The van der Waals surface area contributed by atoms with Crippen LogP contribution in [0.25, 0.3) is 0 Å². The number of nitrogens with zero attached hydrogens (tertiary/aromatic N) is 3. The lowest BCUT2D eigenvalue weighted by molar-refractivity contribution is 0.0685. The molecular formula is C16H21N3O. The minimum Gasteiger partial charge on any atom is -0.391 e. The fourth-order valence-electron chi connectivity index (χ4n) is 2.91. The molecule has 1 N–H and O–H groups in total. The summed E-state index contributed by atoms with van der Waals surface area (Å²) >= 11 is 0. The van der Waals surface area contributed by atoms with Crippen LogP contribution in [0.5, 0.6) is 0 Å². The summed E-state index contributed by atoms with van der Waals surface area (Å²) in [6.07, 6.45) is 7.77. The van der Waals surface area contributed by atoms with Gasteiger partial charge < -0.3 is 5.11 Å². The van der Waals surface area contributed by atoms with E-state index in [0.29, 0.717) is 0 Å². The number of hydrogen-bond acceptors (Lipinski definition) is 3. The van der Waals surface area contributed by atoms with Crippen molar-refractivity contribution in [3.63, 3.8) is 0 Å². The van der Waals surface area contributed by atoms with Gasteiger partial charge >= 0.3 is 0 Å². The third-order valence-corrected chi connectivity index (χ3v) is 4.10. The van der Waals surface area contributed by atoms with E-state index in [1.165, 1.54) is 12.0 Å². The predicted octanol–water partition coefficient (Wildman–Crippen LogP) is 2.54. The normalized spacial score (nSPS) is 22.9. The Morgan fingerprint density at radius 3 is 2.70 bits per heavy atom. The van der Waals surface area contributed by atoms with Gasteiger partial charge in [-0.2, -0.15) is 0 Å². The van der Waals surface area contributed by atoms with Crippen LogP contribution in [0.4, 0.5) is 0 Å². The summed E-state index contributed by atoms with van der Waals surface area (Å²) in [4.78, 5) is 0. The van der Waals surface area contributed by atoms with Crippen LogP contribution in [0, 0.1) is 0 Å². The van der Waals surface area contributed by atoms with Crippen molar-refractivity contribution in [1.29, 1.82) is 0 Å². The average Bonchev–Trinajstić information content (AvgIpc) is 2.95. The van der Waals surface area contributed by atoms with Crippen LogP contribution >= 0.6 is 0 Å². The zero-order valence-corrected chi connectivity index (χ0v) is 11.7. The van der Waals surface area contributed by atoms with E-state index in [9.17, 15) is 5.11 Å². The molecule has 106 valence electrons. The number of aliphatic hydroxyl groups is 1. The zero-order valence-electron chi connectivity index (χ0n) is 11.7. The number of aryl methyl sites for hydroxylation is 2. The summed E-state index contributed by atoms with van der Waals surface area (Å²) in [6.45, 7) is 0. The molecule has 4 heteroatoms. The van der Waals surface area contributed by atoms with Crippen molar-refractivity contribution in [3.05, 3.63) is 47.8 Å². The summed E-state index contributed by atoms with van der Waals surface area (Å²) in [5.74, 6) is 0. The average molecular weight is 271 g/mol. The van der Waals surface area contributed by atoms with Crippen molar-refractivity contribution < 1.29 is 5.11 Å². The summed E-state index contributed by atoms with van der Waals surface area (Å²) in [6, 6.07) is 10.5. The Balaban J connectivity index is 1.62. The molecule has 2 atom stereocenters. The van der Waals surface area contributed by atoms with Crippen LogP contribution in [0.3, 0.4) is 0 Å². The molecule has 0 radical (unpaired) electrons. The molecule has 1 aliphatic carbocycles. The van der Waals surface area contributed by atoms with Crippen LogP contribution in [-0.2, 0) is 12.8 Å². The topological polar surface area (TPSA) is 50.9 Å². The highest BCUT2D eigenvalue weighted by Gasteiger charge is 2.25. The molecule has 0 saturated heterocycles. The molecule has 0 bridgehead atoms. The molecule has 20 heavy (non-hydrogen) atoms. The van der Waals surface area contributed by atoms with Crippen LogP contribution < -0.4 is 0 Å². The highest BCUT2D eigenvalue weighted by atomic mass is 16.3. The number of aliphatic hydroxyl groups excluding tert-OH is 1. The Bertz CT molecular complexity index is 538. The fraction of sp³-hybridized carbons (Fsp3) is 0.500. The van der Waals surface area contributed by atoms with Crippen LogP contribution in [-0.4, -0.2) is 26.2 Å². The van der Waals surface area contributed by atoms with E-state index in [0.717, 1.165) is 37.8 Å². The first kappa shape index (κ1) is 13.3. The molecule has 2 aromatic rings. The van der Waals surface area contributed by atoms with Gasteiger partial charge in [-0.05, 0) is 31.2 Å². The molecule has 1 heterocycles. The number of hydrogen-bond donors (Lipinski definition) is 1. The van der Waals surface area contributed by atoms with Crippen LogP contribution in [0.1, 0.15) is 43.0 Å². The van der Waals surface area contributed by atoms with E-state index >= 15 is 0 Å². The Morgan fingerprint density at radius 1 is 1.10 bits per heavy atom. The lowest BCUT2D eigenvalue weighted by atomic mass is 9.93. The van der Waals surface area contributed by atoms with Crippen molar-refractivity contribution in [3.8, 4) is 0 Å². The summed E-state index contributed by atoms with van der Waals surface area (Å²) in [5, 5.41) is 18.5. The Kier molecular flexibility index (Phi) is 4.11. The summed E-state index contributed by atoms with van der Waals surface area (Å²) in [5.41, 5.74) is 2.33. The molecule has 1 aromatic carbocycles.